The van der Waals surface area contributed by atoms with Crippen LogP contribution < -0.4 is 0 Å². The number of thioether (sulfide) groups is 1. The van der Waals surface area contributed by atoms with Crippen LogP contribution in [0.4, 0.5) is 4.39 Å². The van der Waals surface area contributed by atoms with E-state index in [4.69, 9.17) is 0 Å². The van der Waals surface area contributed by atoms with Gasteiger partial charge in [-0.05, 0) is 19.1 Å². The molecular formula is C9H12FNOS. The third-order valence-electron chi connectivity index (χ3n) is 1.69. The minimum atomic E-state index is -0.392. The molecule has 2 unspecified atom stereocenters. The summed E-state index contributed by atoms with van der Waals surface area (Å²) in [5, 5.41) is 10.0. The first-order chi connectivity index (χ1) is 6.09. The van der Waals surface area contributed by atoms with E-state index >= 15 is 0 Å². The molecule has 2 atom stereocenters. The molecule has 0 amide bonds. The van der Waals surface area contributed by atoms with Crippen LogP contribution in [0.3, 0.4) is 0 Å². The number of pyridine rings is 1. The Morgan fingerprint density at radius 3 is 2.62 bits per heavy atom. The molecule has 0 aliphatic carbocycles. The zero-order valence-corrected chi connectivity index (χ0v) is 8.38. The van der Waals surface area contributed by atoms with Crippen LogP contribution in [0.25, 0.3) is 0 Å². The number of rotatable bonds is 3. The second-order valence-electron chi connectivity index (χ2n) is 2.88. The second-order valence-corrected chi connectivity index (χ2v) is 4.28. The van der Waals surface area contributed by atoms with Crippen LogP contribution in [0.2, 0.25) is 0 Å². The Kier molecular flexibility index (Phi) is 3.69. The van der Waals surface area contributed by atoms with Crippen molar-refractivity contribution in [2.45, 2.75) is 30.2 Å². The van der Waals surface area contributed by atoms with Gasteiger partial charge in [-0.3, -0.25) is 0 Å². The minimum absolute atomic E-state index is 0.0676. The lowest BCUT2D eigenvalue weighted by Gasteiger charge is -2.12. The first-order valence-corrected chi connectivity index (χ1v) is 4.94. The van der Waals surface area contributed by atoms with Gasteiger partial charge in [0.05, 0.1) is 17.3 Å². The summed E-state index contributed by atoms with van der Waals surface area (Å²) in [6.07, 6.45) is 0.786. The molecule has 13 heavy (non-hydrogen) atoms. The molecule has 72 valence electrons. The SMILES string of the molecule is CC(O)C(C)Sc1ccc(F)cn1. The topological polar surface area (TPSA) is 33.1 Å². The van der Waals surface area contributed by atoms with E-state index < -0.39 is 6.10 Å². The van der Waals surface area contributed by atoms with Gasteiger partial charge in [0.15, 0.2) is 0 Å². The van der Waals surface area contributed by atoms with E-state index in [1.54, 1.807) is 13.0 Å². The normalized spacial score (nSPS) is 15.4. The summed E-state index contributed by atoms with van der Waals surface area (Å²) in [4.78, 5) is 3.88. The molecule has 0 radical (unpaired) electrons. The highest BCUT2D eigenvalue weighted by Gasteiger charge is 2.10. The van der Waals surface area contributed by atoms with Crippen LogP contribution >= 0.6 is 11.8 Å². The summed E-state index contributed by atoms with van der Waals surface area (Å²) >= 11 is 1.43. The number of hydrogen-bond acceptors (Lipinski definition) is 3. The Hall–Kier alpha value is -0.610. The number of nitrogens with zero attached hydrogens (tertiary/aromatic N) is 1. The Morgan fingerprint density at radius 2 is 2.15 bits per heavy atom. The van der Waals surface area contributed by atoms with Gasteiger partial charge in [-0.1, -0.05) is 6.92 Å². The third kappa shape index (κ3) is 3.32. The summed E-state index contributed by atoms with van der Waals surface area (Å²) in [7, 11) is 0. The Bertz CT molecular complexity index is 263. The van der Waals surface area contributed by atoms with Crippen molar-refractivity contribution in [1.82, 2.24) is 4.98 Å². The lowest BCUT2D eigenvalue weighted by Crippen LogP contribution is -2.15. The van der Waals surface area contributed by atoms with E-state index in [1.807, 2.05) is 6.92 Å². The van der Waals surface area contributed by atoms with Gasteiger partial charge in [0.25, 0.3) is 0 Å². The van der Waals surface area contributed by atoms with Crippen molar-refractivity contribution in [1.29, 1.82) is 0 Å². The molecule has 1 aromatic rings. The van der Waals surface area contributed by atoms with Crippen molar-refractivity contribution in [3.63, 3.8) is 0 Å². The fourth-order valence-electron chi connectivity index (χ4n) is 0.721. The maximum atomic E-state index is 12.5. The number of aliphatic hydroxyl groups is 1. The predicted octanol–water partition coefficient (Wildman–Crippen LogP) is 2.08. The van der Waals surface area contributed by atoms with Crippen LogP contribution in [0, 0.1) is 5.82 Å². The van der Waals surface area contributed by atoms with Gasteiger partial charge in [-0.2, -0.15) is 0 Å². The maximum Gasteiger partial charge on any atom is 0.141 e. The maximum absolute atomic E-state index is 12.5. The van der Waals surface area contributed by atoms with Crippen LogP contribution in [0.15, 0.2) is 23.4 Å². The molecule has 1 heterocycles. The average molecular weight is 201 g/mol. The molecular weight excluding hydrogens is 189 g/mol. The lowest BCUT2D eigenvalue weighted by molar-refractivity contribution is 0.196. The number of aliphatic hydroxyl groups excluding tert-OH is 1. The van der Waals surface area contributed by atoms with E-state index in [2.05, 4.69) is 4.98 Å². The van der Waals surface area contributed by atoms with Crippen molar-refractivity contribution in [2.24, 2.45) is 0 Å². The molecule has 2 nitrogen and oxygen atoms in total. The van der Waals surface area contributed by atoms with E-state index in [9.17, 15) is 9.50 Å². The van der Waals surface area contributed by atoms with Crippen molar-refractivity contribution in [3.8, 4) is 0 Å². The number of hydrogen-bond donors (Lipinski definition) is 1. The second kappa shape index (κ2) is 4.58. The van der Waals surface area contributed by atoms with Crippen molar-refractivity contribution < 1.29 is 9.50 Å². The average Bonchev–Trinajstić information content (AvgIpc) is 2.08. The summed E-state index contributed by atoms with van der Waals surface area (Å²) in [6.45, 7) is 3.63. The van der Waals surface area contributed by atoms with E-state index in [0.29, 0.717) is 0 Å². The van der Waals surface area contributed by atoms with E-state index in [0.717, 1.165) is 5.03 Å². The first kappa shape index (κ1) is 10.5. The largest absolute Gasteiger partial charge is 0.392 e. The Balaban J connectivity index is 2.59. The molecule has 1 aromatic heterocycles. The van der Waals surface area contributed by atoms with Crippen LogP contribution in [0.5, 0.6) is 0 Å². The van der Waals surface area contributed by atoms with Gasteiger partial charge < -0.3 is 5.11 Å². The molecule has 0 fully saturated rings. The molecule has 0 spiro atoms. The molecule has 0 saturated carbocycles. The molecule has 4 heteroatoms. The van der Waals surface area contributed by atoms with E-state index in [1.165, 1.54) is 24.0 Å². The van der Waals surface area contributed by atoms with Crippen molar-refractivity contribution >= 4 is 11.8 Å². The molecule has 1 rings (SSSR count). The highest BCUT2D eigenvalue weighted by Crippen LogP contribution is 2.22. The van der Waals surface area contributed by atoms with Crippen molar-refractivity contribution in [2.75, 3.05) is 0 Å². The Morgan fingerprint density at radius 1 is 1.46 bits per heavy atom. The van der Waals surface area contributed by atoms with E-state index in [-0.39, 0.29) is 11.1 Å². The highest BCUT2D eigenvalue weighted by molar-refractivity contribution is 7.99. The Labute approximate surface area is 81.2 Å². The molecule has 0 saturated heterocycles. The molecule has 0 aliphatic heterocycles. The van der Waals surface area contributed by atoms with Gasteiger partial charge in [0, 0.05) is 5.25 Å². The van der Waals surface area contributed by atoms with Crippen molar-refractivity contribution in [3.05, 3.63) is 24.1 Å². The number of halogens is 1. The quantitative estimate of drug-likeness (QED) is 0.760. The molecule has 1 N–H and O–H groups in total. The molecule has 0 aliphatic rings. The third-order valence-corrected chi connectivity index (χ3v) is 2.93. The minimum Gasteiger partial charge on any atom is -0.392 e. The standard InChI is InChI=1S/C9H12FNOS/c1-6(12)7(2)13-9-4-3-8(10)5-11-9/h3-7,12H,1-2H3. The fraction of sp³-hybridized carbons (Fsp3) is 0.444. The van der Waals surface area contributed by atoms with Gasteiger partial charge in [0.1, 0.15) is 5.82 Å². The molecule has 0 bridgehead atoms. The smallest absolute Gasteiger partial charge is 0.141 e. The monoisotopic (exact) mass is 201 g/mol. The van der Waals surface area contributed by atoms with Gasteiger partial charge >= 0.3 is 0 Å². The summed E-state index contributed by atoms with van der Waals surface area (Å²) in [5.74, 6) is -0.339. The van der Waals surface area contributed by atoms with Crippen LogP contribution in [-0.4, -0.2) is 21.4 Å². The number of aromatic nitrogens is 1. The summed E-state index contributed by atoms with van der Waals surface area (Å²) in [6, 6.07) is 2.98. The van der Waals surface area contributed by atoms with Gasteiger partial charge in [-0.25, -0.2) is 9.37 Å². The zero-order valence-electron chi connectivity index (χ0n) is 7.57. The van der Waals surface area contributed by atoms with Crippen LogP contribution in [-0.2, 0) is 0 Å². The fourth-order valence-corrected chi connectivity index (χ4v) is 1.56. The van der Waals surface area contributed by atoms with Crippen LogP contribution in [0.1, 0.15) is 13.8 Å². The highest BCUT2D eigenvalue weighted by atomic mass is 32.2. The zero-order chi connectivity index (χ0) is 9.84. The predicted molar refractivity (Wildman–Crippen MR) is 51.2 cm³/mol. The summed E-state index contributed by atoms with van der Waals surface area (Å²) < 4.78 is 12.5. The van der Waals surface area contributed by atoms with Gasteiger partial charge in [0.2, 0.25) is 0 Å². The lowest BCUT2D eigenvalue weighted by atomic mass is 10.3. The first-order valence-electron chi connectivity index (χ1n) is 4.06. The summed E-state index contributed by atoms with van der Waals surface area (Å²) in [5.41, 5.74) is 0. The van der Waals surface area contributed by atoms with Gasteiger partial charge in [-0.15, -0.1) is 11.8 Å². The molecule has 0 aromatic carbocycles.